The molecule has 0 spiro atoms. The Morgan fingerprint density at radius 2 is 2.11 bits per heavy atom. The van der Waals surface area contributed by atoms with Gasteiger partial charge in [-0.25, -0.2) is 4.79 Å². The van der Waals surface area contributed by atoms with Crippen molar-refractivity contribution in [3.63, 3.8) is 0 Å². The van der Waals surface area contributed by atoms with Crippen LogP contribution in [0.1, 0.15) is 24.8 Å². The van der Waals surface area contributed by atoms with Crippen molar-refractivity contribution < 1.29 is 14.7 Å². The fourth-order valence-electron chi connectivity index (χ4n) is 2.49. The fraction of sp³-hybridized carbons (Fsp3) is 0.429. The van der Waals surface area contributed by atoms with E-state index in [0.29, 0.717) is 12.1 Å². The molecule has 1 aromatic rings. The number of carboxylic acid groups (broad SMARTS) is 1. The number of aryl methyl sites for hydroxylation is 1. The number of aliphatic carboxylic acids is 1. The van der Waals surface area contributed by atoms with Gasteiger partial charge >= 0.3 is 12.0 Å². The highest BCUT2D eigenvalue weighted by Gasteiger charge is 2.33. The largest absolute Gasteiger partial charge is 0.481 e. The van der Waals surface area contributed by atoms with Crippen LogP contribution >= 0.6 is 0 Å². The van der Waals surface area contributed by atoms with E-state index < -0.39 is 11.9 Å². The molecule has 1 fully saturated rings. The first kappa shape index (κ1) is 13.4. The molecule has 0 radical (unpaired) electrons. The SMILES string of the molecule is Cc1cccc(NC(=O)NC2CCCC2C(=O)O)c1. The van der Waals surface area contributed by atoms with Crippen molar-refractivity contribution in [2.75, 3.05) is 5.32 Å². The second kappa shape index (κ2) is 5.73. The van der Waals surface area contributed by atoms with Crippen LogP contribution in [0.25, 0.3) is 0 Å². The minimum Gasteiger partial charge on any atom is -0.481 e. The Balaban J connectivity index is 1.92. The minimum absolute atomic E-state index is 0.276. The molecular formula is C14H18N2O3. The summed E-state index contributed by atoms with van der Waals surface area (Å²) in [6, 6.07) is 6.85. The van der Waals surface area contributed by atoms with E-state index in [0.717, 1.165) is 18.4 Å². The Bertz CT molecular complexity index is 487. The maximum absolute atomic E-state index is 11.8. The number of nitrogens with one attached hydrogen (secondary N) is 2. The Kier molecular flexibility index (Phi) is 4.04. The van der Waals surface area contributed by atoms with Crippen molar-refractivity contribution in [2.24, 2.45) is 5.92 Å². The molecule has 1 aliphatic rings. The molecule has 0 heterocycles. The van der Waals surface area contributed by atoms with Gasteiger partial charge in [0.05, 0.1) is 5.92 Å². The van der Waals surface area contributed by atoms with Crippen LogP contribution in [0.4, 0.5) is 10.5 Å². The van der Waals surface area contributed by atoms with Gasteiger partial charge in [-0.15, -0.1) is 0 Å². The quantitative estimate of drug-likeness (QED) is 0.782. The lowest BCUT2D eigenvalue weighted by molar-refractivity contribution is -0.142. The molecule has 1 aliphatic carbocycles. The highest BCUT2D eigenvalue weighted by Crippen LogP contribution is 2.25. The summed E-state index contributed by atoms with van der Waals surface area (Å²) in [5, 5.41) is 14.5. The third-order valence-electron chi connectivity index (χ3n) is 3.43. The number of carboxylic acids is 1. The van der Waals surface area contributed by atoms with Crippen LogP contribution in [0, 0.1) is 12.8 Å². The molecule has 2 unspecified atom stereocenters. The number of hydrogen-bond acceptors (Lipinski definition) is 2. The number of amides is 2. The molecule has 3 N–H and O–H groups in total. The molecule has 1 aromatic carbocycles. The molecule has 5 heteroatoms. The number of benzene rings is 1. The normalized spacial score (nSPS) is 21.9. The summed E-state index contributed by atoms with van der Waals surface area (Å²) in [6.45, 7) is 1.94. The van der Waals surface area contributed by atoms with Crippen molar-refractivity contribution in [3.8, 4) is 0 Å². The zero-order valence-corrected chi connectivity index (χ0v) is 10.8. The first-order chi connectivity index (χ1) is 9.06. The standard InChI is InChI=1S/C14H18N2O3/c1-9-4-2-5-10(8-9)15-14(19)16-12-7-3-6-11(12)13(17)18/h2,4-5,8,11-12H,3,6-7H2,1H3,(H,17,18)(H2,15,16,19). The molecular weight excluding hydrogens is 244 g/mol. The van der Waals surface area contributed by atoms with Gasteiger partial charge in [-0.2, -0.15) is 0 Å². The van der Waals surface area contributed by atoms with Crippen molar-refractivity contribution in [1.82, 2.24) is 5.32 Å². The average molecular weight is 262 g/mol. The van der Waals surface area contributed by atoms with Gasteiger partial charge in [0, 0.05) is 11.7 Å². The minimum atomic E-state index is -0.835. The summed E-state index contributed by atoms with van der Waals surface area (Å²) in [4.78, 5) is 22.9. The number of urea groups is 1. The number of rotatable bonds is 3. The monoisotopic (exact) mass is 262 g/mol. The van der Waals surface area contributed by atoms with Crippen molar-refractivity contribution in [2.45, 2.75) is 32.2 Å². The van der Waals surface area contributed by atoms with Crippen LogP contribution in [0.15, 0.2) is 24.3 Å². The van der Waals surface area contributed by atoms with E-state index in [2.05, 4.69) is 10.6 Å². The van der Waals surface area contributed by atoms with Gasteiger partial charge in [-0.05, 0) is 37.5 Å². The molecule has 2 amide bonds. The lowest BCUT2D eigenvalue weighted by atomic mass is 10.0. The van der Waals surface area contributed by atoms with E-state index in [-0.39, 0.29) is 12.1 Å². The Labute approximate surface area is 112 Å². The predicted molar refractivity (Wildman–Crippen MR) is 72.1 cm³/mol. The highest BCUT2D eigenvalue weighted by molar-refractivity contribution is 5.90. The van der Waals surface area contributed by atoms with Gasteiger partial charge in [0.15, 0.2) is 0 Å². The molecule has 0 aliphatic heterocycles. The van der Waals surface area contributed by atoms with Crippen molar-refractivity contribution >= 4 is 17.7 Å². The van der Waals surface area contributed by atoms with E-state index in [9.17, 15) is 9.59 Å². The second-order valence-corrected chi connectivity index (χ2v) is 4.95. The zero-order valence-electron chi connectivity index (χ0n) is 10.8. The molecule has 5 nitrogen and oxygen atoms in total. The third kappa shape index (κ3) is 3.47. The van der Waals surface area contributed by atoms with Gasteiger partial charge in [-0.1, -0.05) is 18.6 Å². The molecule has 19 heavy (non-hydrogen) atoms. The second-order valence-electron chi connectivity index (χ2n) is 4.95. The maximum atomic E-state index is 11.8. The highest BCUT2D eigenvalue weighted by atomic mass is 16.4. The van der Waals surface area contributed by atoms with Crippen LogP contribution in [-0.2, 0) is 4.79 Å². The van der Waals surface area contributed by atoms with Crippen LogP contribution in [0.3, 0.4) is 0 Å². The lowest BCUT2D eigenvalue weighted by Gasteiger charge is -2.18. The molecule has 0 saturated heterocycles. The summed E-state index contributed by atoms with van der Waals surface area (Å²) >= 11 is 0. The van der Waals surface area contributed by atoms with Gasteiger partial charge in [-0.3, -0.25) is 4.79 Å². The van der Waals surface area contributed by atoms with E-state index in [1.165, 1.54) is 0 Å². The molecule has 0 aromatic heterocycles. The fourth-order valence-corrected chi connectivity index (χ4v) is 2.49. The van der Waals surface area contributed by atoms with Gasteiger partial charge in [0.1, 0.15) is 0 Å². The smallest absolute Gasteiger partial charge is 0.319 e. The number of hydrogen-bond donors (Lipinski definition) is 3. The van der Waals surface area contributed by atoms with Crippen molar-refractivity contribution in [3.05, 3.63) is 29.8 Å². The summed E-state index contributed by atoms with van der Waals surface area (Å²) in [6.07, 6.45) is 2.19. The maximum Gasteiger partial charge on any atom is 0.319 e. The number of carbonyl (C=O) groups excluding carboxylic acids is 1. The van der Waals surface area contributed by atoms with Crippen molar-refractivity contribution in [1.29, 1.82) is 0 Å². The van der Waals surface area contributed by atoms with E-state index in [1.54, 1.807) is 6.07 Å². The predicted octanol–water partition coefficient (Wildman–Crippen LogP) is 2.37. The Morgan fingerprint density at radius 1 is 1.32 bits per heavy atom. The van der Waals surface area contributed by atoms with Crippen LogP contribution in [0.2, 0.25) is 0 Å². The summed E-state index contributed by atoms with van der Waals surface area (Å²) < 4.78 is 0. The van der Waals surface area contributed by atoms with Crippen LogP contribution in [-0.4, -0.2) is 23.1 Å². The molecule has 2 atom stereocenters. The molecule has 102 valence electrons. The summed E-state index contributed by atoms with van der Waals surface area (Å²) in [5.74, 6) is -1.30. The molecule has 1 saturated carbocycles. The van der Waals surface area contributed by atoms with Gasteiger partial charge in [0.25, 0.3) is 0 Å². The molecule has 0 bridgehead atoms. The number of carbonyl (C=O) groups is 2. The van der Waals surface area contributed by atoms with Gasteiger partial charge < -0.3 is 15.7 Å². The Hall–Kier alpha value is -2.04. The van der Waals surface area contributed by atoms with E-state index in [4.69, 9.17) is 5.11 Å². The topological polar surface area (TPSA) is 78.4 Å². The summed E-state index contributed by atoms with van der Waals surface area (Å²) in [7, 11) is 0. The lowest BCUT2D eigenvalue weighted by Crippen LogP contribution is -2.42. The Morgan fingerprint density at radius 3 is 2.79 bits per heavy atom. The van der Waals surface area contributed by atoms with Crippen LogP contribution in [0.5, 0.6) is 0 Å². The average Bonchev–Trinajstić information content (AvgIpc) is 2.76. The van der Waals surface area contributed by atoms with Gasteiger partial charge in [0.2, 0.25) is 0 Å². The van der Waals surface area contributed by atoms with E-state index in [1.807, 2.05) is 25.1 Å². The van der Waals surface area contributed by atoms with Crippen LogP contribution < -0.4 is 10.6 Å². The zero-order chi connectivity index (χ0) is 13.8. The first-order valence-electron chi connectivity index (χ1n) is 6.43. The third-order valence-corrected chi connectivity index (χ3v) is 3.43. The first-order valence-corrected chi connectivity index (χ1v) is 6.43. The van der Waals surface area contributed by atoms with E-state index >= 15 is 0 Å². The number of anilines is 1. The molecule has 2 rings (SSSR count). The summed E-state index contributed by atoms with van der Waals surface area (Å²) in [5.41, 5.74) is 1.77.